The first-order chi connectivity index (χ1) is 16.4. The van der Waals surface area contributed by atoms with Gasteiger partial charge in [0.1, 0.15) is 17.3 Å². The molecule has 0 unspecified atom stereocenters. The first-order valence-corrected chi connectivity index (χ1v) is 10.3. The zero-order chi connectivity index (χ0) is 24.2. The molecule has 4 rings (SSSR count). The normalized spacial score (nSPS) is 11.7. The van der Waals surface area contributed by atoms with Crippen LogP contribution in [0.4, 0.5) is 0 Å². The summed E-state index contributed by atoms with van der Waals surface area (Å²) in [5.74, 6) is -0.780. The van der Waals surface area contributed by atoms with E-state index in [0.717, 1.165) is 11.1 Å². The molecule has 0 spiro atoms. The van der Waals surface area contributed by atoms with Crippen molar-refractivity contribution in [1.82, 2.24) is 25.3 Å². The molecule has 0 bridgehead atoms. The van der Waals surface area contributed by atoms with Crippen molar-refractivity contribution in [3.63, 3.8) is 0 Å². The second kappa shape index (κ2) is 9.45. The molecule has 1 amide bonds. The third kappa shape index (κ3) is 4.72. The predicted molar refractivity (Wildman–Crippen MR) is 122 cm³/mol. The van der Waals surface area contributed by atoms with Crippen molar-refractivity contribution < 1.29 is 24.2 Å². The van der Waals surface area contributed by atoms with Crippen molar-refractivity contribution in [3.05, 3.63) is 59.1 Å². The second-order valence-corrected chi connectivity index (χ2v) is 7.22. The fourth-order valence-corrected chi connectivity index (χ4v) is 3.35. The largest absolute Gasteiger partial charge is 0.493 e. The highest BCUT2D eigenvalue weighted by atomic mass is 16.5. The minimum absolute atomic E-state index is 0.260. The van der Waals surface area contributed by atoms with Crippen molar-refractivity contribution >= 4 is 23.0 Å². The number of carboxylic acid groups (broad SMARTS) is 1. The number of aromatic amines is 2. The third-order valence-electron chi connectivity index (χ3n) is 4.81. The van der Waals surface area contributed by atoms with E-state index in [1.54, 1.807) is 30.3 Å². The van der Waals surface area contributed by atoms with Crippen LogP contribution < -0.4 is 20.3 Å². The number of carbonyl (C=O) groups is 2. The summed E-state index contributed by atoms with van der Waals surface area (Å²) in [4.78, 5) is 48.9. The quantitative estimate of drug-likeness (QED) is 0.290. The van der Waals surface area contributed by atoms with Crippen LogP contribution in [0.2, 0.25) is 0 Å². The van der Waals surface area contributed by atoms with Gasteiger partial charge in [-0.2, -0.15) is 0 Å². The molecule has 1 atom stereocenters. The van der Waals surface area contributed by atoms with Crippen LogP contribution >= 0.6 is 0 Å². The van der Waals surface area contributed by atoms with Crippen molar-refractivity contribution in [2.75, 3.05) is 6.61 Å². The molecule has 4 aromatic rings. The summed E-state index contributed by atoms with van der Waals surface area (Å²) >= 11 is 0. The topological polar surface area (TPSA) is 159 Å². The van der Waals surface area contributed by atoms with Gasteiger partial charge in [-0.3, -0.25) is 9.59 Å². The van der Waals surface area contributed by atoms with Crippen LogP contribution in [0.1, 0.15) is 13.8 Å². The van der Waals surface area contributed by atoms with Crippen molar-refractivity contribution in [2.24, 2.45) is 0 Å². The number of hydrogen-bond acceptors (Lipinski definition) is 7. The number of H-pyrrole nitrogens is 2. The Morgan fingerprint density at radius 3 is 2.71 bits per heavy atom. The number of fused-ring (bicyclic) bond motifs is 1. The standard InChI is InChI=1S/C23H21N5O6/c1-3-33-17-10-14(7-8-16(17)19-27-20-18(21(30)28-19)24-11-25-20)13-5-4-6-15(9-13)34-22(23(31)32)26-12(2)29/h4-11,22H,3H2,1-2H3,(H,26,29)(H,31,32)(H2,24,25,27,28,30)/t22-/m0/s1. The minimum atomic E-state index is -1.52. The van der Waals surface area contributed by atoms with Gasteiger partial charge < -0.3 is 29.9 Å². The van der Waals surface area contributed by atoms with E-state index in [4.69, 9.17) is 9.47 Å². The monoisotopic (exact) mass is 463 g/mol. The maximum atomic E-state index is 12.3. The highest BCUT2D eigenvalue weighted by molar-refractivity contribution is 5.81. The lowest BCUT2D eigenvalue weighted by molar-refractivity contribution is -0.149. The van der Waals surface area contributed by atoms with Gasteiger partial charge in [-0.15, -0.1) is 0 Å². The Morgan fingerprint density at radius 2 is 1.97 bits per heavy atom. The van der Waals surface area contributed by atoms with Gasteiger partial charge >= 0.3 is 5.97 Å². The molecule has 0 saturated heterocycles. The number of aromatic nitrogens is 4. The maximum absolute atomic E-state index is 12.3. The number of carbonyl (C=O) groups excluding carboxylic acids is 1. The molecule has 11 heteroatoms. The molecular formula is C23H21N5O6. The highest BCUT2D eigenvalue weighted by Crippen LogP contribution is 2.34. The first-order valence-electron chi connectivity index (χ1n) is 10.3. The molecule has 0 radical (unpaired) electrons. The average Bonchev–Trinajstić information content (AvgIpc) is 3.28. The van der Waals surface area contributed by atoms with Gasteiger partial charge in [0.15, 0.2) is 11.2 Å². The Bertz CT molecular complexity index is 1430. The lowest BCUT2D eigenvalue weighted by Gasteiger charge is -2.16. The first kappa shape index (κ1) is 22.5. The zero-order valence-electron chi connectivity index (χ0n) is 18.3. The van der Waals surface area contributed by atoms with Gasteiger partial charge in [0.05, 0.1) is 18.5 Å². The lowest BCUT2D eigenvalue weighted by Crippen LogP contribution is -2.43. The second-order valence-electron chi connectivity index (χ2n) is 7.22. The summed E-state index contributed by atoms with van der Waals surface area (Å²) in [6.45, 7) is 3.43. The van der Waals surface area contributed by atoms with Crippen LogP contribution in [0, 0.1) is 0 Å². The number of nitrogens with zero attached hydrogens (tertiary/aromatic N) is 2. The SMILES string of the molecule is CCOc1cc(-c2cccc(O[C@H](NC(C)=O)C(=O)O)c2)ccc1-c1nc2nc[nH]c2c(=O)[nH]1. The number of rotatable bonds is 8. The number of hydrogen-bond donors (Lipinski definition) is 4. The van der Waals surface area contributed by atoms with E-state index in [0.29, 0.717) is 29.4 Å². The molecule has 0 fully saturated rings. The predicted octanol–water partition coefficient (Wildman–Crippen LogP) is 2.30. The van der Waals surface area contributed by atoms with Gasteiger partial charge in [-0.05, 0) is 42.3 Å². The lowest BCUT2D eigenvalue weighted by atomic mass is 10.0. The van der Waals surface area contributed by atoms with E-state index in [2.05, 4.69) is 25.3 Å². The van der Waals surface area contributed by atoms with Gasteiger partial charge in [-0.25, -0.2) is 14.8 Å². The number of aliphatic carboxylic acids is 1. The Kier molecular flexibility index (Phi) is 6.26. The molecule has 2 aromatic carbocycles. The van der Waals surface area contributed by atoms with Gasteiger partial charge in [0.25, 0.3) is 11.8 Å². The molecule has 0 saturated carbocycles. The molecule has 4 N–H and O–H groups in total. The summed E-state index contributed by atoms with van der Waals surface area (Å²) in [7, 11) is 0. The van der Waals surface area contributed by atoms with Crippen LogP contribution in [0.15, 0.2) is 53.6 Å². The molecule has 0 aliphatic rings. The van der Waals surface area contributed by atoms with Gasteiger partial charge in [0, 0.05) is 6.92 Å². The number of ether oxygens (including phenoxy) is 2. The molecule has 174 valence electrons. The van der Waals surface area contributed by atoms with Gasteiger partial charge in [0.2, 0.25) is 5.91 Å². The molecular weight excluding hydrogens is 442 g/mol. The van der Waals surface area contributed by atoms with Gasteiger partial charge in [-0.1, -0.05) is 18.2 Å². The van der Waals surface area contributed by atoms with E-state index < -0.39 is 18.1 Å². The molecule has 2 heterocycles. The zero-order valence-corrected chi connectivity index (χ0v) is 18.3. The van der Waals surface area contributed by atoms with Crippen LogP contribution in [-0.4, -0.2) is 49.8 Å². The molecule has 0 aliphatic carbocycles. The maximum Gasteiger partial charge on any atom is 0.366 e. The number of carboxylic acids is 1. The van der Waals surface area contributed by atoms with E-state index in [-0.39, 0.29) is 16.8 Å². The Balaban J connectivity index is 1.69. The van der Waals surface area contributed by atoms with E-state index in [1.165, 1.54) is 13.3 Å². The average molecular weight is 463 g/mol. The summed E-state index contributed by atoms with van der Waals surface area (Å²) in [6.07, 6.45) is -0.118. The van der Waals surface area contributed by atoms with Crippen LogP contribution in [-0.2, 0) is 9.59 Å². The number of benzene rings is 2. The fourth-order valence-electron chi connectivity index (χ4n) is 3.35. The summed E-state index contributed by atoms with van der Waals surface area (Å²) in [5.41, 5.74) is 2.29. The summed E-state index contributed by atoms with van der Waals surface area (Å²) < 4.78 is 11.3. The van der Waals surface area contributed by atoms with Crippen molar-refractivity contribution in [2.45, 2.75) is 20.1 Å². The van der Waals surface area contributed by atoms with E-state index in [9.17, 15) is 19.5 Å². The van der Waals surface area contributed by atoms with Crippen molar-refractivity contribution in [3.8, 4) is 34.0 Å². The highest BCUT2D eigenvalue weighted by Gasteiger charge is 2.20. The molecule has 0 aliphatic heterocycles. The van der Waals surface area contributed by atoms with Crippen LogP contribution in [0.25, 0.3) is 33.7 Å². The van der Waals surface area contributed by atoms with E-state index in [1.807, 2.05) is 19.1 Å². The van der Waals surface area contributed by atoms with Crippen LogP contribution in [0.5, 0.6) is 11.5 Å². The Labute approximate surface area is 192 Å². The fraction of sp³-hybridized carbons (Fsp3) is 0.174. The number of imidazole rings is 1. The summed E-state index contributed by atoms with van der Waals surface area (Å²) in [6, 6.07) is 12.1. The number of amides is 1. The molecule has 11 nitrogen and oxygen atoms in total. The molecule has 2 aromatic heterocycles. The molecule has 34 heavy (non-hydrogen) atoms. The van der Waals surface area contributed by atoms with Crippen LogP contribution in [0.3, 0.4) is 0 Å². The smallest absolute Gasteiger partial charge is 0.366 e. The Morgan fingerprint density at radius 1 is 1.18 bits per heavy atom. The summed E-state index contributed by atoms with van der Waals surface area (Å²) in [5, 5.41) is 11.5. The minimum Gasteiger partial charge on any atom is -0.493 e. The number of nitrogens with one attached hydrogen (secondary N) is 3. The Hall–Kier alpha value is -4.67. The third-order valence-corrected chi connectivity index (χ3v) is 4.81. The van der Waals surface area contributed by atoms with Crippen molar-refractivity contribution in [1.29, 1.82) is 0 Å². The van der Waals surface area contributed by atoms with E-state index >= 15 is 0 Å².